The van der Waals surface area contributed by atoms with Crippen LogP contribution in [0.5, 0.6) is 11.5 Å². The number of carbonyl (C=O) groups excluding carboxylic acids is 1. The molecule has 0 N–H and O–H groups in total. The number of benzene rings is 2. The van der Waals surface area contributed by atoms with Crippen molar-refractivity contribution in [2.45, 2.75) is 32.3 Å². The van der Waals surface area contributed by atoms with Crippen molar-refractivity contribution in [3.05, 3.63) is 59.8 Å². The minimum absolute atomic E-state index is 0.114. The lowest BCUT2D eigenvalue weighted by atomic mass is 10.1. The van der Waals surface area contributed by atoms with Gasteiger partial charge in [0, 0.05) is 37.5 Å². The van der Waals surface area contributed by atoms with E-state index in [1.54, 1.807) is 0 Å². The molecule has 1 atom stereocenters. The maximum atomic E-state index is 11.2. The van der Waals surface area contributed by atoms with Crippen LogP contribution < -0.4 is 9.47 Å². The monoisotopic (exact) mass is 379 g/mol. The highest BCUT2D eigenvalue weighted by Gasteiger charge is 2.25. The maximum absolute atomic E-state index is 11.2. The Kier molecular flexibility index (Phi) is 5.24. The maximum Gasteiger partial charge on any atom is 0.303 e. The minimum atomic E-state index is -0.232. The lowest BCUT2D eigenvalue weighted by molar-refractivity contribution is -0.146. The Morgan fingerprint density at radius 1 is 1.07 bits per heavy atom. The summed E-state index contributed by atoms with van der Waals surface area (Å²) < 4.78 is 19.2. The number of aryl methyl sites for hydroxylation is 2. The molecule has 0 amide bonds. The zero-order valence-corrected chi connectivity index (χ0v) is 16.3. The number of nitrogens with zero attached hydrogens (tertiary/aromatic N) is 1. The summed E-state index contributed by atoms with van der Waals surface area (Å²) in [6.07, 6.45) is 4.50. The third kappa shape index (κ3) is 3.98. The van der Waals surface area contributed by atoms with Crippen LogP contribution in [0.4, 0.5) is 0 Å². The number of fused-ring (bicyclic) bond motifs is 2. The van der Waals surface area contributed by atoms with Crippen LogP contribution in [0.2, 0.25) is 0 Å². The van der Waals surface area contributed by atoms with Crippen molar-refractivity contribution in [2.24, 2.45) is 7.05 Å². The summed E-state index contributed by atoms with van der Waals surface area (Å²) in [6, 6.07) is 14.3. The van der Waals surface area contributed by atoms with Gasteiger partial charge in [0.1, 0.15) is 17.6 Å². The van der Waals surface area contributed by atoms with E-state index in [-0.39, 0.29) is 12.1 Å². The molecule has 1 aliphatic carbocycles. The first-order chi connectivity index (χ1) is 13.6. The highest BCUT2D eigenvalue weighted by Crippen LogP contribution is 2.36. The van der Waals surface area contributed by atoms with E-state index < -0.39 is 0 Å². The van der Waals surface area contributed by atoms with Gasteiger partial charge in [-0.3, -0.25) is 4.79 Å². The molecular weight excluding hydrogens is 354 g/mol. The molecule has 0 saturated carbocycles. The second-order valence-corrected chi connectivity index (χ2v) is 7.20. The van der Waals surface area contributed by atoms with E-state index in [0.717, 1.165) is 36.3 Å². The predicted molar refractivity (Wildman–Crippen MR) is 108 cm³/mol. The van der Waals surface area contributed by atoms with Gasteiger partial charge in [-0.25, -0.2) is 0 Å². The highest BCUT2D eigenvalue weighted by molar-refractivity contribution is 5.81. The third-order valence-corrected chi connectivity index (χ3v) is 5.13. The van der Waals surface area contributed by atoms with Crippen LogP contribution in [-0.4, -0.2) is 23.8 Å². The van der Waals surface area contributed by atoms with Gasteiger partial charge in [0.25, 0.3) is 0 Å². The molecule has 0 aliphatic heterocycles. The fourth-order valence-electron chi connectivity index (χ4n) is 3.76. The Morgan fingerprint density at radius 3 is 2.61 bits per heavy atom. The first-order valence-electron chi connectivity index (χ1n) is 9.71. The van der Waals surface area contributed by atoms with Crippen LogP contribution in [-0.2, 0) is 23.0 Å². The van der Waals surface area contributed by atoms with Gasteiger partial charge in [0.05, 0.1) is 13.2 Å². The molecule has 2 aromatic carbocycles. The number of carbonyl (C=O) groups is 1. The van der Waals surface area contributed by atoms with Crippen LogP contribution >= 0.6 is 0 Å². The van der Waals surface area contributed by atoms with Crippen molar-refractivity contribution in [3.8, 4) is 11.5 Å². The number of hydrogen-bond acceptors (Lipinski definition) is 4. The van der Waals surface area contributed by atoms with Crippen molar-refractivity contribution in [2.75, 3.05) is 13.2 Å². The normalized spacial score (nSPS) is 15.4. The number of esters is 1. The molecule has 0 saturated heterocycles. The van der Waals surface area contributed by atoms with E-state index in [9.17, 15) is 4.79 Å². The summed E-state index contributed by atoms with van der Waals surface area (Å²) >= 11 is 0. The van der Waals surface area contributed by atoms with Crippen LogP contribution in [0.25, 0.3) is 10.9 Å². The van der Waals surface area contributed by atoms with Crippen molar-refractivity contribution >= 4 is 16.9 Å². The smallest absolute Gasteiger partial charge is 0.303 e. The molecule has 28 heavy (non-hydrogen) atoms. The van der Waals surface area contributed by atoms with Crippen LogP contribution in [0.15, 0.2) is 48.7 Å². The molecule has 0 fully saturated rings. The number of ether oxygens (including phenoxy) is 3. The summed E-state index contributed by atoms with van der Waals surface area (Å²) in [7, 11) is 2.04. The fourth-order valence-corrected chi connectivity index (χ4v) is 3.76. The molecule has 0 radical (unpaired) electrons. The summed E-state index contributed by atoms with van der Waals surface area (Å²) in [4.78, 5) is 11.2. The van der Waals surface area contributed by atoms with Gasteiger partial charge >= 0.3 is 5.97 Å². The molecule has 146 valence electrons. The van der Waals surface area contributed by atoms with Gasteiger partial charge in [-0.2, -0.15) is 0 Å². The topological polar surface area (TPSA) is 49.7 Å². The van der Waals surface area contributed by atoms with E-state index in [1.807, 2.05) is 31.4 Å². The van der Waals surface area contributed by atoms with Gasteiger partial charge in [-0.1, -0.05) is 6.07 Å². The molecule has 4 rings (SSSR count). The first kappa shape index (κ1) is 18.4. The van der Waals surface area contributed by atoms with E-state index in [1.165, 1.54) is 23.4 Å². The van der Waals surface area contributed by atoms with E-state index in [0.29, 0.717) is 13.2 Å². The molecule has 1 heterocycles. The second kappa shape index (κ2) is 7.97. The van der Waals surface area contributed by atoms with Crippen LogP contribution in [0, 0.1) is 0 Å². The molecule has 0 unspecified atom stereocenters. The number of rotatable bonds is 7. The lowest BCUT2D eigenvalue weighted by Crippen LogP contribution is -2.06. The Morgan fingerprint density at radius 2 is 1.82 bits per heavy atom. The van der Waals surface area contributed by atoms with Gasteiger partial charge in [0.15, 0.2) is 0 Å². The molecule has 1 aliphatic rings. The average molecular weight is 379 g/mol. The van der Waals surface area contributed by atoms with Crippen molar-refractivity contribution < 1.29 is 19.0 Å². The lowest BCUT2D eigenvalue weighted by Gasteiger charge is -2.13. The molecule has 3 aromatic rings. The highest BCUT2D eigenvalue weighted by atomic mass is 16.5. The molecule has 0 bridgehead atoms. The van der Waals surface area contributed by atoms with Crippen molar-refractivity contribution in [1.82, 2.24) is 4.57 Å². The third-order valence-electron chi connectivity index (χ3n) is 5.13. The SMILES string of the molecule is CC(=O)O[C@H]1CCc2cc(OCCCOc3ccc4c(ccn4C)c3)ccc21. The summed E-state index contributed by atoms with van der Waals surface area (Å²) in [6.45, 7) is 2.66. The molecule has 5 heteroatoms. The molecule has 1 aromatic heterocycles. The van der Waals surface area contributed by atoms with Crippen LogP contribution in [0.1, 0.15) is 37.0 Å². The standard InChI is InChI=1S/C23H25NO4/c1-16(25)28-23-9-4-17-14-19(5-7-21(17)23)26-12-3-13-27-20-6-8-22-18(15-20)10-11-24(22)2/h5-8,10-11,14-15,23H,3-4,9,12-13H2,1-2H3/t23-/m0/s1. The summed E-state index contributed by atoms with van der Waals surface area (Å²) in [5.74, 6) is 1.50. The average Bonchev–Trinajstić information content (AvgIpc) is 3.24. The fraction of sp³-hybridized carbons (Fsp3) is 0.348. The Balaban J connectivity index is 1.24. The second-order valence-electron chi connectivity index (χ2n) is 7.20. The largest absolute Gasteiger partial charge is 0.493 e. The van der Waals surface area contributed by atoms with Crippen molar-refractivity contribution in [3.63, 3.8) is 0 Å². The van der Waals surface area contributed by atoms with Crippen molar-refractivity contribution in [1.29, 1.82) is 0 Å². The molecular formula is C23H25NO4. The summed E-state index contributed by atoms with van der Waals surface area (Å²) in [5, 5.41) is 1.18. The first-order valence-corrected chi connectivity index (χ1v) is 9.71. The Bertz CT molecular complexity index is 991. The Hall–Kier alpha value is -2.95. The van der Waals surface area contributed by atoms with Gasteiger partial charge in [0.2, 0.25) is 0 Å². The van der Waals surface area contributed by atoms with Gasteiger partial charge in [-0.15, -0.1) is 0 Å². The van der Waals surface area contributed by atoms with E-state index in [2.05, 4.69) is 28.8 Å². The quantitative estimate of drug-likeness (QED) is 0.445. The van der Waals surface area contributed by atoms with E-state index in [4.69, 9.17) is 14.2 Å². The molecule has 0 spiro atoms. The minimum Gasteiger partial charge on any atom is -0.493 e. The van der Waals surface area contributed by atoms with Gasteiger partial charge < -0.3 is 18.8 Å². The zero-order valence-electron chi connectivity index (χ0n) is 16.3. The van der Waals surface area contributed by atoms with Crippen LogP contribution in [0.3, 0.4) is 0 Å². The predicted octanol–water partition coefficient (Wildman–Crippen LogP) is 4.58. The summed E-state index contributed by atoms with van der Waals surface area (Å²) in [5.41, 5.74) is 3.50. The van der Waals surface area contributed by atoms with Gasteiger partial charge in [-0.05, 0) is 60.4 Å². The zero-order chi connectivity index (χ0) is 19.5. The Labute approximate surface area is 164 Å². The number of aromatic nitrogens is 1. The molecule has 5 nitrogen and oxygen atoms in total. The van der Waals surface area contributed by atoms with E-state index >= 15 is 0 Å². The number of hydrogen-bond donors (Lipinski definition) is 0.